The largest absolute Gasteiger partial charge is 0.461 e. The Morgan fingerprint density at radius 1 is 1.17 bits per heavy atom. The third kappa shape index (κ3) is 4.49. The Morgan fingerprint density at radius 2 is 2.00 bits per heavy atom. The van der Waals surface area contributed by atoms with Crippen molar-refractivity contribution in [1.29, 1.82) is 0 Å². The SMILES string of the molecule is CCOC(=O)c1nnc(N2CCN(C(C)c3ccc4c(c3)/C=C/C=C/C=N4)CC2)s1. The van der Waals surface area contributed by atoms with Crippen molar-refractivity contribution in [3.05, 3.63) is 52.6 Å². The van der Waals surface area contributed by atoms with Gasteiger partial charge in [-0.15, -0.1) is 10.2 Å². The lowest BCUT2D eigenvalue weighted by atomic mass is 10.0. The van der Waals surface area contributed by atoms with Gasteiger partial charge >= 0.3 is 5.97 Å². The molecule has 0 bridgehead atoms. The average molecular weight is 424 g/mol. The Balaban J connectivity index is 1.40. The van der Waals surface area contributed by atoms with Gasteiger partial charge in [-0.05, 0) is 37.6 Å². The molecule has 1 aromatic carbocycles. The van der Waals surface area contributed by atoms with E-state index in [0.717, 1.165) is 42.6 Å². The fourth-order valence-corrected chi connectivity index (χ4v) is 4.40. The van der Waals surface area contributed by atoms with Crippen molar-refractivity contribution in [1.82, 2.24) is 15.1 Å². The number of aliphatic imine (C=N–C) groups is 1. The van der Waals surface area contributed by atoms with E-state index in [1.54, 1.807) is 6.92 Å². The predicted octanol–water partition coefficient (Wildman–Crippen LogP) is 3.88. The summed E-state index contributed by atoms with van der Waals surface area (Å²) in [5.74, 6) is -0.402. The van der Waals surface area contributed by atoms with Gasteiger partial charge in [0.2, 0.25) is 10.1 Å². The Labute approximate surface area is 180 Å². The van der Waals surface area contributed by atoms with Crippen LogP contribution in [0.25, 0.3) is 6.08 Å². The van der Waals surface area contributed by atoms with Gasteiger partial charge in [-0.25, -0.2) is 4.79 Å². The molecule has 0 amide bonds. The van der Waals surface area contributed by atoms with Crippen LogP contribution in [0.3, 0.4) is 0 Å². The second kappa shape index (κ2) is 9.32. The molecule has 2 aliphatic rings. The first-order valence-corrected chi connectivity index (χ1v) is 11.0. The molecule has 2 aromatic rings. The summed E-state index contributed by atoms with van der Waals surface area (Å²) < 4.78 is 5.01. The van der Waals surface area contributed by atoms with Crippen molar-refractivity contribution in [3.8, 4) is 0 Å². The van der Waals surface area contributed by atoms with E-state index in [4.69, 9.17) is 4.74 Å². The van der Waals surface area contributed by atoms with E-state index < -0.39 is 5.97 Å². The van der Waals surface area contributed by atoms with Gasteiger partial charge < -0.3 is 9.64 Å². The van der Waals surface area contributed by atoms with E-state index in [2.05, 4.69) is 56.2 Å². The first-order valence-electron chi connectivity index (χ1n) is 10.2. The molecule has 30 heavy (non-hydrogen) atoms. The Kier molecular flexibility index (Phi) is 6.35. The molecule has 0 saturated carbocycles. The van der Waals surface area contributed by atoms with E-state index in [1.165, 1.54) is 16.9 Å². The van der Waals surface area contributed by atoms with Gasteiger partial charge in [0.15, 0.2) is 0 Å². The van der Waals surface area contributed by atoms with E-state index in [1.807, 2.05) is 24.4 Å². The maximum Gasteiger partial charge on any atom is 0.369 e. The molecule has 0 radical (unpaired) electrons. The predicted molar refractivity (Wildman–Crippen MR) is 121 cm³/mol. The maximum absolute atomic E-state index is 11.8. The zero-order valence-electron chi connectivity index (χ0n) is 17.2. The molecule has 1 atom stereocenters. The highest BCUT2D eigenvalue weighted by molar-refractivity contribution is 7.17. The summed E-state index contributed by atoms with van der Waals surface area (Å²) >= 11 is 1.30. The number of ether oxygens (including phenoxy) is 1. The van der Waals surface area contributed by atoms with Crippen molar-refractivity contribution < 1.29 is 9.53 Å². The zero-order valence-corrected chi connectivity index (χ0v) is 18.0. The third-order valence-corrected chi connectivity index (χ3v) is 6.29. The van der Waals surface area contributed by atoms with E-state index in [-0.39, 0.29) is 0 Å². The Bertz CT molecular complexity index is 989. The number of allylic oxidation sites excluding steroid dienone is 3. The number of aromatic nitrogens is 2. The van der Waals surface area contributed by atoms with Crippen LogP contribution in [0.5, 0.6) is 0 Å². The number of carbonyl (C=O) groups excluding carboxylic acids is 1. The van der Waals surface area contributed by atoms with Gasteiger partial charge in [0.25, 0.3) is 0 Å². The van der Waals surface area contributed by atoms with Crippen LogP contribution in [-0.4, -0.2) is 60.1 Å². The van der Waals surface area contributed by atoms with Crippen molar-refractivity contribution in [2.75, 3.05) is 37.7 Å². The summed E-state index contributed by atoms with van der Waals surface area (Å²) in [6.07, 6.45) is 9.90. The minimum Gasteiger partial charge on any atom is -0.461 e. The molecular weight excluding hydrogens is 398 g/mol. The smallest absolute Gasteiger partial charge is 0.369 e. The maximum atomic E-state index is 11.8. The summed E-state index contributed by atoms with van der Waals surface area (Å²) in [5, 5.41) is 9.26. The van der Waals surface area contributed by atoms with E-state index >= 15 is 0 Å². The molecule has 4 rings (SSSR count). The van der Waals surface area contributed by atoms with Crippen LogP contribution < -0.4 is 4.90 Å². The highest BCUT2D eigenvalue weighted by Gasteiger charge is 2.25. The summed E-state index contributed by atoms with van der Waals surface area (Å²) in [6.45, 7) is 7.91. The average Bonchev–Trinajstić information content (AvgIpc) is 3.24. The number of esters is 1. The first-order chi connectivity index (χ1) is 14.7. The summed E-state index contributed by atoms with van der Waals surface area (Å²) in [6, 6.07) is 6.80. The van der Waals surface area contributed by atoms with E-state index in [0.29, 0.717) is 17.7 Å². The normalized spacial score (nSPS) is 19.5. The molecule has 1 fully saturated rings. The monoisotopic (exact) mass is 423 g/mol. The first kappa shape index (κ1) is 20.4. The molecular formula is C22H25N5O2S. The molecule has 3 heterocycles. The number of nitrogens with zero attached hydrogens (tertiary/aromatic N) is 5. The van der Waals surface area contributed by atoms with Crippen LogP contribution in [-0.2, 0) is 4.74 Å². The van der Waals surface area contributed by atoms with Crippen LogP contribution in [0.4, 0.5) is 10.8 Å². The fraction of sp³-hybridized carbons (Fsp3) is 0.364. The number of rotatable bonds is 5. The standard InChI is InChI=1S/C22H25N5O2S/c1-3-29-21(28)20-24-25-22(30-20)27-13-11-26(12-14-27)16(2)17-8-9-19-18(15-17)7-5-4-6-10-23-19/h4-10,15-16H,3,11-14H2,1-2H3/b5-4?,6-4+,7-5+,10-6?,18-7?,23-10?,23-19?. The molecule has 0 spiro atoms. The Hall–Kier alpha value is -2.84. The lowest BCUT2D eigenvalue weighted by molar-refractivity contribution is 0.0525. The summed E-state index contributed by atoms with van der Waals surface area (Å²) in [7, 11) is 0. The van der Waals surface area contributed by atoms with Crippen LogP contribution in [0.2, 0.25) is 0 Å². The molecule has 0 aliphatic carbocycles. The third-order valence-electron chi connectivity index (χ3n) is 5.33. The van der Waals surface area contributed by atoms with Gasteiger partial charge in [-0.3, -0.25) is 9.89 Å². The topological polar surface area (TPSA) is 70.9 Å². The quantitative estimate of drug-likeness (QED) is 0.680. The van der Waals surface area contributed by atoms with Gasteiger partial charge in [-0.2, -0.15) is 0 Å². The van der Waals surface area contributed by atoms with Gasteiger partial charge in [-0.1, -0.05) is 35.6 Å². The summed E-state index contributed by atoms with van der Waals surface area (Å²) in [5.41, 5.74) is 3.41. The number of anilines is 1. The highest BCUT2D eigenvalue weighted by Crippen LogP contribution is 2.30. The number of piperazine rings is 1. The van der Waals surface area contributed by atoms with Crippen LogP contribution in [0.1, 0.15) is 40.8 Å². The number of benzene rings is 1. The molecule has 156 valence electrons. The molecule has 8 heteroatoms. The molecule has 2 aliphatic heterocycles. The van der Waals surface area contributed by atoms with Crippen molar-refractivity contribution in [3.63, 3.8) is 0 Å². The molecule has 1 unspecified atom stereocenters. The van der Waals surface area contributed by atoms with Crippen molar-refractivity contribution >= 4 is 40.4 Å². The fourth-order valence-electron chi connectivity index (χ4n) is 3.61. The van der Waals surface area contributed by atoms with Crippen LogP contribution in [0, 0.1) is 0 Å². The van der Waals surface area contributed by atoms with E-state index in [9.17, 15) is 4.79 Å². The number of hydrogen-bond donors (Lipinski definition) is 0. The summed E-state index contributed by atoms with van der Waals surface area (Å²) in [4.78, 5) is 21.0. The van der Waals surface area contributed by atoms with Crippen LogP contribution in [0.15, 0.2) is 41.4 Å². The van der Waals surface area contributed by atoms with Gasteiger partial charge in [0.05, 0.1) is 12.3 Å². The molecule has 1 saturated heterocycles. The van der Waals surface area contributed by atoms with Crippen LogP contribution >= 0.6 is 11.3 Å². The molecule has 0 N–H and O–H groups in total. The highest BCUT2D eigenvalue weighted by atomic mass is 32.1. The second-order valence-electron chi connectivity index (χ2n) is 7.15. The van der Waals surface area contributed by atoms with Gasteiger partial charge in [0.1, 0.15) is 0 Å². The number of carbonyl (C=O) groups is 1. The Morgan fingerprint density at radius 3 is 2.80 bits per heavy atom. The minimum absolute atomic E-state index is 0.306. The second-order valence-corrected chi connectivity index (χ2v) is 8.11. The number of fused-ring (bicyclic) bond motifs is 1. The van der Waals surface area contributed by atoms with Crippen molar-refractivity contribution in [2.45, 2.75) is 19.9 Å². The van der Waals surface area contributed by atoms with Crippen molar-refractivity contribution in [2.24, 2.45) is 4.99 Å². The lowest BCUT2D eigenvalue weighted by Gasteiger charge is -2.38. The zero-order chi connectivity index (χ0) is 20.9. The lowest BCUT2D eigenvalue weighted by Crippen LogP contribution is -2.47. The molecule has 1 aromatic heterocycles. The van der Waals surface area contributed by atoms with Gasteiger partial charge in [0, 0.05) is 44.0 Å². The minimum atomic E-state index is -0.402. The molecule has 7 nitrogen and oxygen atoms in total. The number of hydrogen-bond acceptors (Lipinski definition) is 8.